The first-order valence-electron chi connectivity index (χ1n) is 7.18. The van der Waals surface area contributed by atoms with Gasteiger partial charge in [0.25, 0.3) is 0 Å². The molecule has 2 aliphatic heterocycles. The van der Waals surface area contributed by atoms with Crippen molar-refractivity contribution >= 4 is 5.91 Å². The van der Waals surface area contributed by atoms with Crippen LogP contribution in [0.4, 0.5) is 0 Å². The van der Waals surface area contributed by atoms with E-state index in [0.717, 1.165) is 13.1 Å². The van der Waals surface area contributed by atoms with Gasteiger partial charge in [-0.05, 0) is 44.7 Å². The zero-order valence-corrected chi connectivity index (χ0v) is 11.3. The maximum atomic E-state index is 12.0. The summed E-state index contributed by atoms with van der Waals surface area (Å²) in [5, 5.41) is 0. The van der Waals surface area contributed by atoms with Crippen molar-refractivity contribution in [3.63, 3.8) is 0 Å². The lowest BCUT2D eigenvalue weighted by molar-refractivity contribution is -0.136. The van der Waals surface area contributed by atoms with Crippen LogP contribution in [-0.4, -0.2) is 48.4 Å². The van der Waals surface area contributed by atoms with Crippen molar-refractivity contribution in [3.8, 4) is 0 Å². The van der Waals surface area contributed by atoms with E-state index in [0.29, 0.717) is 11.8 Å². The van der Waals surface area contributed by atoms with Crippen molar-refractivity contribution < 1.29 is 4.79 Å². The smallest absolute Gasteiger partial charge is 0.225 e. The molecule has 2 rings (SSSR count). The summed E-state index contributed by atoms with van der Waals surface area (Å²) >= 11 is 0. The van der Waals surface area contributed by atoms with E-state index in [-0.39, 0.29) is 5.92 Å². The Labute approximate surface area is 105 Å². The number of amides is 1. The highest BCUT2D eigenvalue weighted by molar-refractivity contribution is 5.78. The topological polar surface area (TPSA) is 23.6 Å². The van der Waals surface area contributed by atoms with E-state index in [2.05, 4.69) is 9.80 Å². The first-order chi connectivity index (χ1) is 8.16. The summed E-state index contributed by atoms with van der Waals surface area (Å²) < 4.78 is 0. The summed E-state index contributed by atoms with van der Waals surface area (Å²) in [4.78, 5) is 16.7. The number of likely N-dealkylation sites (tertiary alicyclic amines) is 2. The summed E-state index contributed by atoms with van der Waals surface area (Å²) in [7, 11) is 0. The zero-order valence-electron chi connectivity index (χ0n) is 11.3. The van der Waals surface area contributed by atoms with E-state index >= 15 is 0 Å². The number of carbonyl (C=O) groups excluding carboxylic acids is 1. The lowest BCUT2D eigenvalue weighted by Gasteiger charge is -2.35. The van der Waals surface area contributed by atoms with Crippen molar-refractivity contribution in [3.05, 3.63) is 0 Å². The largest absolute Gasteiger partial charge is 0.342 e. The van der Waals surface area contributed by atoms with Gasteiger partial charge in [0.1, 0.15) is 0 Å². The third-order valence-electron chi connectivity index (χ3n) is 4.04. The summed E-state index contributed by atoms with van der Waals surface area (Å²) in [5.41, 5.74) is 0. The Morgan fingerprint density at radius 2 is 1.88 bits per heavy atom. The minimum Gasteiger partial charge on any atom is -0.342 e. The first kappa shape index (κ1) is 12.9. The molecule has 2 heterocycles. The van der Waals surface area contributed by atoms with Crippen LogP contribution in [0.3, 0.4) is 0 Å². The van der Waals surface area contributed by atoms with E-state index in [1.165, 1.54) is 45.3 Å². The van der Waals surface area contributed by atoms with Gasteiger partial charge in [-0.3, -0.25) is 4.79 Å². The van der Waals surface area contributed by atoms with Gasteiger partial charge in [-0.25, -0.2) is 0 Å². The molecule has 0 aromatic rings. The summed E-state index contributed by atoms with van der Waals surface area (Å²) in [6.07, 6.45) is 5.22. The number of carbonyl (C=O) groups is 1. The van der Waals surface area contributed by atoms with Crippen LogP contribution in [0.25, 0.3) is 0 Å². The number of hydrogen-bond donors (Lipinski definition) is 0. The molecule has 0 bridgehead atoms. The highest BCUT2D eigenvalue weighted by Gasteiger charge is 2.26. The van der Waals surface area contributed by atoms with Crippen molar-refractivity contribution in [2.45, 2.75) is 39.5 Å². The number of rotatable bonds is 3. The van der Waals surface area contributed by atoms with E-state index in [1.807, 2.05) is 13.8 Å². The number of hydrogen-bond acceptors (Lipinski definition) is 2. The minimum absolute atomic E-state index is 0.153. The molecule has 3 heteroatoms. The van der Waals surface area contributed by atoms with Crippen LogP contribution in [-0.2, 0) is 4.79 Å². The van der Waals surface area contributed by atoms with E-state index in [1.54, 1.807) is 0 Å². The van der Waals surface area contributed by atoms with E-state index < -0.39 is 0 Å². The van der Waals surface area contributed by atoms with Gasteiger partial charge >= 0.3 is 0 Å². The lowest BCUT2D eigenvalue weighted by Crippen LogP contribution is -2.44. The average Bonchev–Trinajstić information content (AvgIpc) is 2.81. The summed E-state index contributed by atoms with van der Waals surface area (Å²) in [6, 6.07) is 0. The Hall–Kier alpha value is -0.570. The number of nitrogens with zero attached hydrogens (tertiary/aromatic N) is 2. The third kappa shape index (κ3) is 3.44. The van der Waals surface area contributed by atoms with Crippen LogP contribution < -0.4 is 0 Å². The maximum Gasteiger partial charge on any atom is 0.225 e. The SMILES string of the molecule is CC(C)C(=O)N1CCCC(CN2CCCC2)C1. The van der Waals surface area contributed by atoms with E-state index in [9.17, 15) is 4.79 Å². The van der Waals surface area contributed by atoms with Crippen LogP contribution in [0.2, 0.25) is 0 Å². The van der Waals surface area contributed by atoms with E-state index in [4.69, 9.17) is 0 Å². The molecule has 0 N–H and O–H groups in total. The van der Waals surface area contributed by atoms with Crippen LogP contribution in [0.1, 0.15) is 39.5 Å². The van der Waals surface area contributed by atoms with Crippen molar-refractivity contribution in [1.29, 1.82) is 0 Å². The molecule has 17 heavy (non-hydrogen) atoms. The molecule has 2 aliphatic rings. The van der Waals surface area contributed by atoms with Gasteiger partial charge in [0.2, 0.25) is 5.91 Å². The fraction of sp³-hybridized carbons (Fsp3) is 0.929. The lowest BCUT2D eigenvalue weighted by atomic mass is 9.96. The highest BCUT2D eigenvalue weighted by atomic mass is 16.2. The molecule has 2 fully saturated rings. The standard InChI is InChI=1S/C14H26N2O/c1-12(2)14(17)16-9-5-6-13(11-16)10-15-7-3-4-8-15/h12-13H,3-11H2,1-2H3. The van der Waals surface area contributed by atoms with Gasteiger partial charge in [0.15, 0.2) is 0 Å². The molecular formula is C14H26N2O. The second-order valence-electron chi connectivity index (χ2n) is 5.95. The maximum absolute atomic E-state index is 12.0. The molecular weight excluding hydrogens is 212 g/mol. The minimum atomic E-state index is 0.153. The molecule has 3 nitrogen and oxygen atoms in total. The monoisotopic (exact) mass is 238 g/mol. The van der Waals surface area contributed by atoms with Gasteiger partial charge < -0.3 is 9.80 Å². The van der Waals surface area contributed by atoms with Crippen LogP contribution in [0.15, 0.2) is 0 Å². The Morgan fingerprint density at radius 3 is 2.53 bits per heavy atom. The summed E-state index contributed by atoms with van der Waals surface area (Å²) in [5.74, 6) is 1.21. The molecule has 2 saturated heterocycles. The molecule has 1 atom stereocenters. The predicted octanol–water partition coefficient (Wildman–Crippen LogP) is 1.98. The van der Waals surface area contributed by atoms with Gasteiger partial charge in [0, 0.05) is 25.6 Å². The van der Waals surface area contributed by atoms with Gasteiger partial charge in [-0.15, -0.1) is 0 Å². The second-order valence-corrected chi connectivity index (χ2v) is 5.95. The molecule has 0 saturated carbocycles. The first-order valence-corrected chi connectivity index (χ1v) is 7.18. The van der Waals surface area contributed by atoms with Crippen molar-refractivity contribution in [2.75, 3.05) is 32.7 Å². The third-order valence-corrected chi connectivity index (χ3v) is 4.04. The Morgan fingerprint density at radius 1 is 1.18 bits per heavy atom. The van der Waals surface area contributed by atoms with Crippen LogP contribution in [0, 0.1) is 11.8 Å². The molecule has 0 aromatic heterocycles. The fourth-order valence-corrected chi connectivity index (χ4v) is 3.11. The second kappa shape index (κ2) is 5.85. The average molecular weight is 238 g/mol. The predicted molar refractivity (Wildman–Crippen MR) is 69.8 cm³/mol. The molecule has 98 valence electrons. The highest BCUT2D eigenvalue weighted by Crippen LogP contribution is 2.21. The Bertz CT molecular complexity index is 259. The van der Waals surface area contributed by atoms with Crippen LogP contribution >= 0.6 is 0 Å². The summed E-state index contributed by atoms with van der Waals surface area (Å²) in [6.45, 7) is 9.74. The van der Waals surface area contributed by atoms with Crippen LogP contribution in [0.5, 0.6) is 0 Å². The van der Waals surface area contributed by atoms with Gasteiger partial charge in [-0.2, -0.15) is 0 Å². The van der Waals surface area contributed by atoms with Gasteiger partial charge in [-0.1, -0.05) is 13.8 Å². The molecule has 0 radical (unpaired) electrons. The molecule has 0 aliphatic carbocycles. The van der Waals surface area contributed by atoms with Gasteiger partial charge in [0.05, 0.1) is 0 Å². The normalized spacial score (nSPS) is 26.8. The molecule has 0 aromatic carbocycles. The van der Waals surface area contributed by atoms with Crippen molar-refractivity contribution in [2.24, 2.45) is 11.8 Å². The van der Waals surface area contributed by atoms with Crippen molar-refractivity contribution in [1.82, 2.24) is 9.80 Å². The Balaban J connectivity index is 1.81. The zero-order chi connectivity index (χ0) is 12.3. The molecule has 1 amide bonds. The number of piperidine rings is 1. The molecule has 1 unspecified atom stereocenters. The fourth-order valence-electron chi connectivity index (χ4n) is 3.11. The quantitative estimate of drug-likeness (QED) is 0.750. The Kier molecular flexibility index (Phi) is 4.43. The molecule has 0 spiro atoms.